The minimum atomic E-state index is -0.558. The van der Waals surface area contributed by atoms with E-state index in [-0.39, 0.29) is 17.0 Å². The number of quaternary nitrogens is 1. The maximum absolute atomic E-state index is 10.6. The highest BCUT2D eigenvalue weighted by molar-refractivity contribution is 5.45. The summed E-state index contributed by atoms with van der Waals surface area (Å²) < 4.78 is 1.27. The molecule has 2 heterocycles. The maximum atomic E-state index is 10.6. The molecular weight excluding hydrogens is 456 g/mol. The number of hydrogen-bond donors (Lipinski definition) is 0. The van der Waals surface area contributed by atoms with E-state index >= 15 is 0 Å². The predicted molar refractivity (Wildman–Crippen MR) is 129 cm³/mol. The second-order valence-electron chi connectivity index (χ2n) is 10.0. The molecule has 2 bridgehead atoms. The Bertz CT molecular complexity index is 848. The largest absolute Gasteiger partial charge is 1.00 e. The first-order chi connectivity index (χ1) is 15.1. The number of nitriles is 1. The molecule has 0 aliphatic carbocycles. The molecule has 2 fully saturated rings. The lowest BCUT2D eigenvalue weighted by Crippen LogP contribution is -3.00. The highest BCUT2D eigenvalue weighted by Gasteiger charge is 2.52. The van der Waals surface area contributed by atoms with Crippen molar-refractivity contribution < 1.29 is 21.5 Å². The number of hydrogen-bond acceptors (Lipinski definition) is 1. The minimum Gasteiger partial charge on any atom is -1.00 e. The first kappa shape index (κ1) is 24.7. The molecule has 2 nitrogen and oxygen atoms in total. The molecule has 2 aliphatic rings. The van der Waals surface area contributed by atoms with Gasteiger partial charge in [-0.05, 0) is 42.7 Å². The summed E-state index contributed by atoms with van der Waals surface area (Å²) in [6, 6.07) is 25.3. The highest BCUT2D eigenvalue weighted by atomic mass is 79.9. The summed E-state index contributed by atoms with van der Waals surface area (Å²) in [5, 5.41) is 10.6. The van der Waals surface area contributed by atoms with Gasteiger partial charge in [-0.3, -0.25) is 0 Å². The van der Waals surface area contributed by atoms with E-state index in [0.717, 1.165) is 36.1 Å². The van der Waals surface area contributed by atoms with Crippen molar-refractivity contribution >= 4 is 0 Å². The molecule has 2 saturated heterocycles. The third kappa shape index (κ3) is 4.73. The maximum Gasteiger partial charge on any atom is 0.107 e. The summed E-state index contributed by atoms with van der Waals surface area (Å²) in [5.41, 5.74) is 1.73. The van der Waals surface area contributed by atoms with Crippen molar-refractivity contribution in [3.8, 4) is 6.07 Å². The van der Waals surface area contributed by atoms with Crippen molar-refractivity contribution in [3.05, 3.63) is 84.4 Å². The van der Waals surface area contributed by atoms with Crippen LogP contribution in [0, 0.1) is 17.2 Å². The van der Waals surface area contributed by atoms with Crippen LogP contribution >= 0.6 is 0 Å². The number of rotatable bonds is 9. The van der Waals surface area contributed by atoms with Gasteiger partial charge in [0.25, 0.3) is 0 Å². The average Bonchev–Trinajstić information content (AvgIpc) is 2.98. The van der Waals surface area contributed by atoms with Crippen LogP contribution in [0.3, 0.4) is 0 Å². The van der Waals surface area contributed by atoms with Crippen molar-refractivity contribution in [3.63, 3.8) is 0 Å². The first-order valence-corrected chi connectivity index (χ1v) is 12.1. The van der Waals surface area contributed by atoms with E-state index in [1.54, 1.807) is 0 Å². The van der Waals surface area contributed by atoms with Crippen molar-refractivity contribution in [2.24, 2.45) is 5.92 Å². The SMILES string of the molecule is C=CCCCC[N+]1(C)C2CCC1CC(CC(C#N)(c1ccccc1)c1ccccc1)C2.[Br-]. The molecule has 2 aromatic rings. The molecule has 0 saturated carbocycles. The van der Waals surface area contributed by atoms with Gasteiger partial charge in [0, 0.05) is 25.7 Å². The van der Waals surface area contributed by atoms with Gasteiger partial charge in [-0.1, -0.05) is 66.7 Å². The monoisotopic (exact) mass is 492 g/mol. The van der Waals surface area contributed by atoms with Crippen molar-refractivity contribution in [2.75, 3.05) is 13.6 Å². The van der Waals surface area contributed by atoms with E-state index in [1.165, 1.54) is 49.6 Å². The van der Waals surface area contributed by atoms with E-state index in [1.807, 2.05) is 12.1 Å². The lowest BCUT2D eigenvalue weighted by atomic mass is 9.67. The van der Waals surface area contributed by atoms with E-state index in [9.17, 15) is 5.26 Å². The Morgan fingerprint density at radius 3 is 1.97 bits per heavy atom. The Morgan fingerprint density at radius 2 is 1.50 bits per heavy atom. The third-order valence-electron chi connectivity index (χ3n) is 8.33. The van der Waals surface area contributed by atoms with Crippen LogP contribution in [-0.2, 0) is 5.41 Å². The molecule has 2 aliphatic heterocycles. The van der Waals surface area contributed by atoms with Crippen LogP contribution in [0.4, 0.5) is 0 Å². The van der Waals surface area contributed by atoms with E-state index < -0.39 is 5.41 Å². The third-order valence-corrected chi connectivity index (χ3v) is 8.33. The molecule has 32 heavy (non-hydrogen) atoms. The van der Waals surface area contributed by atoms with Gasteiger partial charge in [-0.15, -0.1) is 6.58 Å². The minimum absolute atomic E-state index is 0. The molecule has 4 rings (SSSR count). The zero-order valence-corrected chi connectivity index (χ0v) is 21.0. The summed E-state index contributed by atoms with van der Waals surface area (Å²) in [5.74, 6) is 0.608. The smallest absolute Gasteiger partial charge is 0.107 e. The van der Waals surface area contributed by atoms with Crippen LogP contribution in [0.2, 0.25) is 0 Å². The molecule has 0 radical (unpaired) electrons. The zero-order chi connectivity index (χ0) is 21.7. The summed E-state index contributed by atoms with van der Waals surface area (Å²) >= 11 is 0. The number of allylic oxidation sites excluding steroid dienone is 1. The van der Waals surface area contributed by atoms with Gasteiger partial charge < -0.3 is 21.5 Å². The molecule has 2 atom stereocenters. The lowest BCUT2D eigenvalue weighted by molar-refractivity contribution is -0.949. The number of piperidine rings is 1. The van der Waals surface area contributed by atoms with Gasteiger partial charge in [0.05, 0.1) is 31.7 Å². The summed E-state index contributed by atoms with van der Waals surface area (Å²) in [6.45, 7) is 5.18. The Kier molecular flexibility index (Phi) is 8.37. The van der Waals surface area contributed by atoms with Gasteiger partial charge >= 0.3 is 0 Å². The topological polar surface area (TPSA) is 23.8 Å². The highest BCUT2D eigenvalue weighted by Crippen LogP contribution is 2.48. The molecule has 0 spiro atoms. The quantitative estimate of drug-likeness (QED) is 0.297. The van der Waals surface area contributed by atoms with Gasteiger partial charge in [-0.25, -0.2) is 0 Å². The lowest BCUT2D eigenvalue weighted by Gasteiger charge is -2.48. The second-order valence-corrected chi connectivity index (χ2v) is 10.0. The number of halogens is 1. The van der Waals surface area contributed by atoms with E-state index in [2.05, 4.69) is 74.3 Å². The molecule has 2 aromatic carbocycles. The number of fused-ring (bicyclic) bond motifs is 2. The molecule has 0 aromatic heterocycles. The Balaban J connectivity index is 0.00000289. The molecule has 0 amide bonds. The average molecular weight is 494 g/mol. The van der Waals surface area contributed by atoms with E-state index in [0.29, 0.717) is 5.92 Å². The summed E-state index contributed by atoms with van der Waals surface area (Å²) in [7, 11) is 2.51. The van der Waals surface area contributed by atoms with E-state index in [4.69, 9.17) is 0 Å². The predicted octanol–water partition coefficient (Wildman–Crippen LogP) is 3.63. The number of unbranched alkanes of at least 4 members (excludes halogenated alkanes) is 2. The fraction of sp³-hybridized carbons (Fsp3) is 0.483. The number of nitrogens with zero attached hydrogens (tertiary/aromatic N) is 2. The Labute approximate surface area is 205 Å². The second kappa shape index (κ2) is 10.8. The van der Waals surface area contributed by atoms with Crippen LogP contribution in [0.5, 0.6) is 0 Å². The van der Waals surface area contributed by atoms with Gasteiger partial charge in [0.2, 0.25) is 0 Å². The number of benzene rings is 2. The molecular formula is C29H37BrN2. The van der Waals surface area contributed by atoms with Crippen molar-refractivity contribution in [1.82, 2.24) is 0 Å². The van der Waals surface area contributed by atoms with Crippen LogP contribution in [0.25, 0.3) is 0 Å². The van der Waals surface area contributed by atoms with Crippen molar-refractivity contribution in [1.29, 1.82) is 5.26 Å². The van der Waals surface area contributed by atoms with Crippen LogP contribution in [0.15, 0.2) is 73.3 Å². The molecule has 3 heteroatoms. The van der Waals surface area contributed by atoms with Gasteiger partial charge in [0.1, 0.15) is 5.41 Å². The molecule has 2 unspecified atom stereocenters. The van der Waals surface area contributed by atoms with Crippen molar-refractivity contribution in [2.45, 2.75) is 68.9 Å². The Hall–Kier alpha value is -1.89. The summed E-state index contributed by atoms with van der Waals surface area (Å²) in [6.07, 6.45) is 11.9. The van der Waals surface area contributed by atoms with Crippen LogP contribution < -0.4 is 17.0 Å². The Morgan fingerprint density at radius 1 is 0.969 bits per heavy atom. The fourth-order valence-corrected chi connectivity index (χ4v) is 6.58. The standard InChI is InChI=1S/C29H37N2.BrH/c1-3-4-5-12-19-31(2)27-17-18-28(31)21-24(20-27)22-29(23-30,25-13-8-6-9-14-25)26-15-10-7-11-16-26;/h3,6-11,13-16,24,27-28H,1,4-5,12,17-22H2,2H3;1H/q+1;/p-1. The first-order valence-electron chi connectivity index (χ1n) is 12.1. The van der Waals surface area contributed by atoms with Gasteiger partial charge in [-0.2, -0.15) is 5.26 Å². The van der Waals surface area contributed by atoms with Crippen LogP contribution in [0.1, 0.15) is 62.5 Å². The fourth-order valence-electron chi connectivity index (χ4n) is 6.58. The zero-order valence-electron chi connectivity index (χ0n) is 19.4. The normalized spacial score (nSPS) is 26.7. The molecule has 0 N–H and O–H groups in total. The molecule has 170 valence electrons. The van der Waals surface area contributed by atoms with Crippen LogP contribution in [-0.4, -0.2) is 30.2 Å². The summed E-state index contributed by atoms with van der Waals surface area (Å²) in [4.78, 5) is 0. The van der Waals surface area contributed by atoms with Gasteiger partial charge in [0.15, 0.2) is 0 Å².